The van der Waals surface area contributed by atoms with Crippen LogP contribution in [0.25, 0.3) is 77.9 Å². The van der Waals surface area contributed by atoms with E-state index in [1.807, 2.05) is 0 Å². The lowest BCUT2D eigenvalue weighted by molar-refractivity contribution is 0.486. The highest BCUT2D eigenvalue weighted by atomic mass is 16.5. The highest BCUT2D eigenvalue weighted by Crippen LogP contribution is 2.59. The van der Waals surface area contributed by atoms with Gasteiger partial charge < -0.3 is 9.64 Å². The molecule has 0 N–H and O–H groups in total. The van der Waals surface area contributed by atoms with Gasteiger partial charge in [0.2, 0.25) is 0 Å². The van der Waals surface area contributed by atoms with Crippen LogP contribution >= 0.6 is 0 Å². The third-order valence-corrected chi connectivity index (χ3v) is 17.4. The summed E-state index contributed by atoms with van der Waals surface area (Å²) in [5.41, 5.74) is 27.2. The fourth-order valence-electron chi connectivity index (χ4n) is 13.9. The van der Waals surface area contributed by atoms with E-state index in [-0.39, 0.29) is 6.71 Å². The maximum atomic E-state index is 7.68. The second-order valence-corrected chi connectivity index (χ2v) is 21.8. The predicted molar refractivity (Wildman–Crippen MR) is 342 cm³/mol. The predicted octanol–water partition coefficient (Wildman–Crippen LogP) is 18.5. The maximum absolute atomic E-state index is 7.68. The van der Waals surface area contributed by atoms with Crippen molar-refractivity contribution >= 4 is 40.2 Å². The zero-order valence-corrected chi connectivity index (χ0v) is 45.0. The van der Waals surface area contributed by atoms with Gasteiger partial charge in [-0.25, -0.2) is 0 Å². The van der Waals surface area contributed by atoms with Crippen molar-refractivity contribution in [1.82, 2.24) is 0 Å². The van der Waals surface area contributed by atoms with Crippen LogP contribution in [-0.4, -0.2) is 6.71 Å². The van der Waals surface area contributed by atoms with Crippen molar-refractivity contribution in [3.63, 3.8) is 0 Å². The Morgan fingerprint density at radius 3 is 1.28 bits per heavy atom. The van der Waals surface area contributed by atoms with E-state index in [4.69, 9.17) is 4.74 Å². The van der Waals surface area contributed by atoms with Gasteiger partial charge in [0.15, 0.2) is 0 Å². The average Bonchev–Trinajstić information content (AvgIpc) is 2.37. The van der Waals surface area contributed by atoms with Gasteiger partial charge in [-0.2, -0.15) is 0 Å². The summed E-state index contributed by atoms with van der Waals surface area (Å²) in [7, 11) is 0. The van der Waals surface area contributed by atoms with Gasteiger partial charge in [0.1, 0.15) is 11.5 Å². The molecule has 0 saturated carbocycles. The van der Waals surface area contributed by atoms with Gasteiger partial charge in [-0.1, -0.05) is 285 Å². The van der Waals surface area contributed by atoms with Crippen LogP contribution in [0.2, 0.25) is 0 Å². The van der Waals surface area contributed by atoms with Crippen LogP contribution in [0.5, 0.6) is 11.5 Å². The normalized spacial score (nSPS) is 13.0. The first-order valence-electron chi connectivity index (χ1n) is 28.4. The van der Waals surface area contributed by atoms with E-state index in [1.165, 1.54) is 50.0 Å². The highest BCUT2D eigenvalue weighted by molar-refractivity contribution is 6.99. The lowest BCUT2D eigenvalue weighted by atomic mass is 9.33. The SMILES string of the molecule is c1ccc(-c2cccc(-c3ccc4c(c3)B3c5cc(-c6ccccc6)c(-c6ccccc6)cc5N(c5c(-c6ccccc6)cccc5-c5ccccc5)c5cc(C6(c7ccccc7)c7ccccc7-c7ccccc76)cc(c53)O4)c2)cc1. The molecule has 16 rings (SSSR count). The first kappa shape index (κ1) is 47.5. The summed E-state index contributed by atoms with van der Waals surface area (Å²) >= 11 is 0. The molecule has 0 spiro atoms. The summed E-state index contributed by atoms with van der Waals surface area (Å²) in [6.45, 7) is -0.238. The molecule has 3 heteroatoms. The van der Waals surface area contributed by atoms with Crippen LogP contribution in [0.3, 0.4) is 0 Å². The third-order valence-electron chi connectivity index (χ3n) is 17.4. The quantitative estimate of drug-likeness (QED) is 0.134. The van der Waals surface area contributed by atoms with E-state index >= 15 is 0 Å². The average molecular weight is 1040 g/mol. The number of para-hydroxylation sites is 1. The molecule has 3 aliphatic rings. The van der Waals surface area contributed by atoms with E-state index in [1.54, 1.807) is 0 Å². The molecule has 0 aromatic heterocycles. The molecule has 382 valence electrons. The van der Waals surface area contributed by atoms with Gasteiger partial charge in [-0.3, -0.25) is 0 Å². The molecule has 0 atom stereocenters. The molecular weight excluding hydrogens is 990 g/mol. The lowest BCUT2D eigenvalue weighted by Gasteiger charge is -2.43. The van der Waals surface area contributed by atoms with Crippen LogP contribution in [-0.2, 0) is 5.41 Å². The van der Waals surface area contributed by atoms with Crippen LogP contribution < -0.4 is 26.0 Å². The molecule has 0 bridgehead atoms. The van der Waals surface area contributed by atoms with E-state index in [0.29, 0.717) is 0 Å². The summed E-state index contributed by atoms with van der Waals surface area (Å²) in [6.07, 6.45) is 0. The summed E-state index contributed by atoms with van der Waals surface area (Å²) < 4.78 is 7.68. The number of benzene rings is 13. The van der Waals surface area contributed by atoms with Crippen LogP contribution in [0.1, 0.15) is 22.3 Å². The smallest absolute Gasteiger partial charge is 0.256 e. The zero-order chi connectivity index (χ0) is 54.1. The molecule has 0 saturated heterocycles. The highest BCUT2D eigenvalue weighted by Gasteiger charge is 2.50. The van der Waals surface area contributed by atoms with Crippen molar-refractivity contribution in [2.45, 2.75) is 5.41 Å². The minimum Gasteiger partial charge on any atom is -0.458 e. The first-order chi connectivity index (χ1) is 40.7. The summed E-state index contributed by atoms with van der Waals surface area (Å²) in [6, 6.07) is 116. The molecule has 2 heterocycles. The van der Waals surface area contributed by atoms with E-state index in [9.17, 15) is 0 Å². The third kappa shape index (κ3) is 7.51. The van der Waals surface area contributed by atoms with Crippen molar-refractivity contribution in [3.8, 4) is 89.4 Å². The van der Waals surface area contributed by atoms with Gasteiger partial charge in [0, 0.05) is 22.5 Å². The van der Waals surface area contributed by atoms with Gasteiger partial charge in [-0.15, -0.1) is 0 Å². The van der Waals surface area contributed by atoms with Crippen LogP contribution in [0.15, 0.2) is 315 Å². The molecular formula is C79H52BNO. The minimum absolute atomic E-state index is 0.238. The number of ether oxygens (including phenoxy) is 1. The fourth-order valence-corrected chi connectivity index (χ4v) is 13.9. The van der Waals surface area contributed by atoms with Crippen LogP contribution in [0, 0.1) is 0 Å². The second kappa shape index (κ2) is 19.4. The number of anilines is 3. The summed E-state index contributed by atoms with van der Waals surface area (Å²) in [5, 5.41) is 0. The standard InChI is InChI=1S/C79H52BNO/c1-7-25-53(26-8-1)58-35-23-36-59(47-58)60-45-46-75-72(48-60)80-71-51-67(56-31-13-4-14-32-56)68(57-33-15-5-16-34-57)52-73(71)81(78-63(54-27-9-2-10-28-54)41-24-42-64(78)55-29-11-3-12-30-55)74-49-62(50-76(82-75)77(74)80)79(61-37-17-6-18-38-61)69-43-21-19-39-65(69)66-40-20-22-44-70(66)79/h1-52H. The monoisotopic (exact) mass is 1040 g/mol. The molecule has 2 aliphatic heterocycles. The summed E-state index contributed by atoms with van der Waals surface area (Å²) in [4.78, 5) is 2.63. The van der Waals surface area contributed by atoms with Crippen molar-refractivity contribution in [3.05, 3.63) is 338 Å². The molecule has 2 nitrogen and oxygen atoms in total. The second-order valence-electron chi connectivity index (χ2n) is 21.8. The van der Waals surface area contributed by atoms with Crippen molar-refractivity contribution in [1.29, 1.82) is 0 Å². The molecule has 82 heavy (non-hydrogen) atoms. The number of hydrogen-bond donors (Lipinski definition) is 0. The van der Waals surface area contributed by atoms with Crippen molar-refractivity contribution < 1.29 is 4.74 Å². The van der Waals surface area contributed by atoms with Crippen LogP contribution in [0.4, 0.5) is 17.1 Å². The summed E-state index contributed by atoms with van der Waals surface area (Å²) in [5.74, 6) is 1.70. The molecule has 0 unspecified atom stereocenters. The maximum Gasteiger partial charge on any atom is 0.256 e. The molecule has 0 fully saturated rings. The topological polar surface area (TPSA) is 12.5 Å². The molecule has 0 amide bonds. The fraction of sp³-hybridized carbons (Fsp3) is 0.0127. The molecule has 1 aliphatic carbocycles. The largest absolute Gasteiger partial charge is 0.458 e. The van der Waals surface area contributed by atoms with Gasteiger partial charge in [-0.05, 0) is 136 Å². The number of hydrogen-bond acceptors (Lipinski definition) is 2. The lowest BCUT2D eigenvalue weighted by Crippen LogP contribution is -2.59. The van der Waals surface area contributed by atoms with Crippen molar-refractivity contribution in [2.24, 2.45) is 0 Å². The first-order valence-corrected chi connectivity index (χ1v) is 28.4. The Balaban J connectivity index is 1.06. The van der Waals surface area contributed by atoms with Gasteiger partial charge in [0.05, 0.1) is 11.1 Å². The van der Waals surface area contributed by atoms with Gasteiger partial charge in [0.25, 0.3) is 6.71 Å². The number of rotatable bonds is 9. The van der Waals surface area contributed by atoms with E-state index in [0.717, 1.165) is 95.1 Å². The van der Waals surface area contributed by atoms with E-state index < -0.39 is 5.41 Å². The Bertz CT molecular complexity index is 4480. The number of fused-ring (bicyclic) bond motifs is 7. The van der Waals surface area contributed by atoms with Gasteiger partial charge >= 0.3 is 0 Å². The zero-order valence-electron chi connectivity index (χ0n) is 45.0. The Kier molecular flexibility index (Phi) is 11.2. The number of nitrogens with zero attached hydrogens (tertiary/aromatic N) is 1. The molecule has 13 aromatic carbocycles. The Morgan fingerprint density at radius 1 is 0.268 bits per heavy atom. The minimum atomic E-state index is -0.716. The Morgan fingerprint density at radius 2 is 0.707 bits per heavy atom. The Hall–Kier alpha value is -10.5. The van der Waals surface area contributed by atoms with E-state index in [2.05, 4.69) is 320 Å². The Labute approximate surface area is 479 Å². The molecule has 13 aromatic rings. The molecule has 0 radical (unpaired) electrons. The van der Waals surface area contributed by atoms with Crippen molar-refractivity contribution in [2.75, 3.05) is 4.90 Å².